The molecular formula is C20H19FN6O3. The van der Waals surface area contributed by atoms with Crippen molar-refractivity contribution in [2.45, 2.75) is 0 Å². The molecule has 1 aromatic carbocycles. The number of anilines is 2. The molecule has 2 N–H and O–H groups in total. The normalized spacial score (nSPS) is 11.1. The number of hydrogen-bond donors (Lipinski definition) is 1. The number of methoxy groups -OCH3 is 1. The van der Waals surface area contributed by atoms with Gasteiger partial charge in [-0.1, -0.05) is 0 Å². The van der Waals surface area contributed by atoms with Crippen molar-refractivity contribution < 1.29 is 18.8 Å². The van der Waals surface area contributed by atoms with E-state index in [9.17, 15) is 4.39 Å². The van der Waals surface area contributed by atoms with Crippen molar-refractivity contribution in [1.82, 2.24) is 19.4 Å². The Kier molecular flexibility index (Phi) is 5.17. The number of nitrogens with zero attached hydrogens (tertiary/aromatic N) is 5. The number of fused-ring (bicyclic) bond motifs is 1. The second-order valence-electron chi connectivity index (χ2n) is 6.20. The maximum atomic E-state index is 13.5. The fraction of sp³-hybridized carbons (Fsp3) is 0.150. The molecule has 3 heterocycles. The molecule has 0 bridgehead atoms. The summed E-state index contributed by atoms with van der Waals surface area (Å²) in [6.07, 6.45) is 3.40. The number of ether oxygens (including phenoxy) is 1. The van der Waals surface area contributed by atoms with Gasteiger partial charge in [-0.05, 0) is 30.3 Å². The minimum atomic E-state index is -0.347. The summed E-state index contributed by atoms with van der Waals surface area (Å²) in [4.78, 5) is 23.6. The van der Waals surface area contributed by atoms with Gasteiger partial charge in [0.2, 0.25) is 5.88 Å². The summed E-state index contributed by atoms with van der Waals surface area (Å²) in [5.41, 5.74) is 9.20. The van der Waals surface area contributed by atoms with Crippen LogP contribution in [0, 0.1) is 5.82 Å². The molecule has 0 radical (unpaired) electrons. The predicted molar refractivity (Wildman–Crippen MR) is 109 cm³/mol. The van der Waals surface area contributed by atoms with Crippen molar-refractivity contribution >= 4 is 17.3 Å². The number of hydrogen-bond acceptors (Lipinski definition) is 8. The van der Waals surface area contributed by atoms with Crippen LogP contribution in [0.4, 0.5) is 16.0 Å². The third kappa shape index (κ3) is 3.38. The number of aromatic nitrogens is 4. The summed E-state index contributed by atoms with van der Waals surface area (Å²) >= 11 is 0. The Morgan fingerprint density at radius 2 is 1.73 bits per heavy atom. The number of pyridine rings is 1. The SMILES string of the molecule is COc1cc(-c2c(-c3ccc(F)cc3)nc(N)c3nccn23)cc(N(OC)OC)n1. The van der Waals surface area contributed by atoms with Crippen molar-refractivity contribution in [3.05, 3.63) is 54.6 Å². The second kappa shape index (κ2) is 7.93. The highest BCUT2D eigenvalue weighted by Gasteiger charge is 2.20. The van der Waals surface area contributed by atoms with Crippen molar-refractivity contribution in [3.63, 3.8) is 0 Å². The highest BCUT2D eigenvalue weighted by molar-refractivity contribution is 5.84. The predicted octanol–water partition coefficient (Wildman–Crippen LogP) is 3.12. The van der Waals surface area contributed by atoms with Crippen LogP contribution >= 0.6 is 0 Å². The molecule has 0 saturated heterocycles. The minimum absolute atomic E-state index is 0.250. The Labute approximate surface area is 171 Å². The van der Waals surface area contributed by atoms with E-state index >= 15 is 0 Å². The van der Waals surface area contributed by atoms with Crippen LogP contribution in [0.3, 0.4) is 0 Å². The standard InChI is InChI=1S/C20H19FN6O3/c1-28-16-11-13(10-15(24-16)27(29-2)30-3)18-17(12-4-6-14(21)7-5-12)25-19(22)20-23-8-9-26(18)20/h4-11H,1-3H3,(H2,22,25). The molecule has 4 rings (SSSR count). The number of nitrogen functional groups attached to an aromatic ring is 1. The van der Waals surface area contributed by atoms with E-state index in [2.05, 4.69) is 15.0 Å². The summed E-state index contributed by atoms with van der Waals surface area (Å²) < 4.78 is 20.7. The van der Waals surface area contributed by atoms with Gasteiger partial charge in [0.25, 0.3) is 0 Å². The van der Waals surface area contributed by atoms with E-state index < -0.39 is 0 Å². The van der Waals surface area contributed by atoms with Gasteiger partial charge in [-0.2, -0.15) is 4.98 Å². The lowest BCUT2D eigenvalue weighted by Gasteiger charge is -2.19. The van der Waals surface area contributed by atoms with E-state index in [0.29, 0.717) is 39.9 Å². The zero-order valence-electron chi connectivity index (χ0n) is 16.5. The first-order valence-electron chi connectivity index (χ1n) is 8.89. The van der Waals surface area contributed by atoms with Gasteiger partial charge < -0.3 is 10.5 Å². The first-order chi connectivity index (χ1) is 14.5. The van der Waals surface area contributed by atoms with Crippen LogP contribution in [0.15, 0.2) is 48.8 Å². The molecule has 0 unspecified atom stereocenters. The van der Waals surface area contributed by atoms with Crippen LogP contribution in [0.25, 0.3) is 28.2 Å². The van der Waals surface area contributed by atoms with E-state index in [0.717, 1.165) is 5.23 Å². The lowest BCUT2D eigenvalue weighted by Crippen LogP contribution is -2.21. The molecule has 0 saturated carbocycles. The summed E-state index contributed by atoms with van der Waals surface area (Å²) in [6, 6.07) is 9.50. The van der Waals surface area contributed by atoms with Crippen LogP contribution in [0.2, 0.25) is 0 Å². The first kappa shape index (κ1) is 19.6. The average Bonchev–Trinajstić information content (AvgIpc) is 3.25. The van der Waals surface area contributed by atoms with Gasteiger partial charge in [0, 0.05) is 29.6 Å². The van der Waals surface area contributed by atoms with Gasteiger partial charge >= 0.3 is 0 Å². The third-order valence-electron chi connectivity index (χ3n) is 4.47. The van der Waals surface area contributed by atoms with E-state index in [4.69, 9.17) is 20.1 Å². The highest BCUT2D eigenvalue weighted by Crippen LogP contribution is 2.36. The van der Waals surface area contributed by atoms with E-state index in [-0.39, 0.29) is 11.6 Å². The number of benzene rings is 1. The summed E-state index contributed by atoms with van der Waals surface area (Å²) in [6.45, 7) is 0. The zero-order valence-corrected chi connectivity index (χ0v) is 16.5. The fourth-order valence-corrected chi connectivity index (χ4v) is 3.18. The Balaban J connectivity index is 2.04. The summed E-state index contributed by atoms with van der Waals surface area (Å²) in [5.74, 6) is 0.585. The Morgan fingerprint density at radius 1 is 1.00 bits per heavy atom. The average molecular weight is 410 g/mol. The van der Waals surface area contributed by atoms with Gasteiger partial charge in [0.15, 0.2) is 17.3 Å². The molecule has 0 aliphatic heterocycles. The number of rotatable bonds is 6. The fourth-order valence-electron chi connectivity index (χ4n) is 3.18. The van der Waals surface area contributed by atoms with E-state index in [1.807, 2.05) is 4.40 Å². The molecule has 154 valence electrons. The molecule has 30 heavy (non-hydrogen) atoms. The van der Waals surface area contributed by atoms with Gasteiger partial charge in [0.05, 0.1) is 32.7 Å². The maximum absolute atomic E-state index is 13.5. The molecule has 9 nitrogen and oxygen atoms in total. The molecule has 0 atom stereocenters. The second-order valence-corrected chi connectivity index (χ2v) is 6.20. The van der Waals surface area contributed by atoms with E-state index in [1.54, 1.807) is 36.7 Å². The van der Waals surface area contributed by atoms with Crippen molar-refractivity contribution in [3.8, 4) is 28.4 Å². The van der Waals surface area contributed by atoms with Crippen molar-refractivity contribution in [2.75, 3.05) is 32.3 Å². The Morgan fingerprint density at radius 3 is 2.40 bits per heavy atom. The molecule has 3 aromatic heterocycles. The van der Waals surface area contributed by atoms with Gasteiger partial charge in [-0.15, -0.1) is 5.23 Å². The molecule has 0 spiro atoms. The molecule has 4 aromatic rings. The lowest BCUT2D eigenvalue weighted by atomic mass is 10.0. The molecular weight excluding hydrogens is 391 g/mol. The highest BCUT2D eigenvalue weighted by atomic mass is 19.1. The van der Waals surface area contributed by atoms with Gasteiger partial charge in [-0.3, -0.25) is 14.1 Å². The quantitative estimate of drug-likeness (QED) is 0.484. The summed E-state index contributed by atoms with van der Waals surface area (Å²) in [5, 5.41) is 1.14. The van der Waals surface area contributed by atoms with Crippen LogP contribution in [0.1, 0.15) is 0 Å². The Hall–Kier alpha value is -3.76. The minimum Gasteiger partial charge on any atom is -0.481 e. The molecule has 0 fully saturated rings. The number of imidazole rings is 1. The van der Waals surface area contributed by atoms with E-state index in [1.165, 1.54) is 33.5 Å². The van der Waals surface area contributed by atoms with Gasteiger partial charge in [0.1, 0.15) is 5.82 Å². The smallest absolute Gasteiger partial charge is 0.215 e. The van der Waals surface area contributed by atoms with Crippen molar-refractivity contribution in [1.29, 1.82) is 0 Å². The zero-order chi connectivity index (χ0) is 21.3. The molecule has 0 aliphatic carbocycles. The topological polar surface area (TPSA) is 100 Å². The monoisotopic (exact) mass is 410 g/mol. The van der Waals surface area contributed by atoms with Crippen molar-refractivity contribution in [2.24, 2.45) is 0 Å². The van der Waals surface area contributed by atoms with Crippen LogP contribution in [-0.2, 0) is 9.68 Å². The summed E-state index contributed by atoms with van der Waals surface area (Å²) in [7, 11) is 4.41. The van der Waals surface area contributed by atoms with Crippen LogP contribution < -0.4 is 15.7 Å². The lowest BCUT2D eigenvalue weighted by molar-refractivity contribution is -0.0453. The molecule has 0 amide bonds. The Bertz CT molecular complexity index is 1190. The molecule has 10 heteroatoms. The largest absolute Gasteiger partial charge is 0.481 e. The maximum Gasteiger partial charge on any atom is 0.215 e. The number of nitrogens with two attached hydrogens (primary N) is 1. The van der Waals surface area contributed by atoms with Crippen LogP contribution in [-0.4, -0.2) is 40.7 Å². The van der Waals surface area contributed by atoms with Gasteiger partial charge in [-0.25, -0.2) is 14.4 Å². The number of halogens is 1. The third-order valence-corrected chi connectivity index (χ3v) is 4.47. The molecule has 0 aliphatic rings. The van der Waals surface area contributed by atoms with Crippen LogP contribution in [0.5, 0.6) is 5.88 Å². The first-order valence-corrected chi connectivity index (χ1v) is 8.89.